The third kappa shape index (κ3) is 2.21. The summed E-state index contributed by atoms with van der Waals surface area (Å²) in [5.74, 6) is 0. The molecule has 0 unspecified atom stereocenters. The first kappa shape index (κ1) is 10.8. The number of rotatable bonds is 3. The molecule has 3 aromatic rings. The Kier molecular flexibility index (Phi) is 2.97. The summed E-state index contributed by atoms with van der Waals surface area (Å²) in [6, 6.07) is 11.5. The van der Waals surface area contributed by atoms with Gasteiger partial charge in [-0.1, -0.05) is 18.2 Å². The fourth-order valence-corrected chi connectivity index (χ4v) is 2.09. The molecular weight excluding hydrogens is 248 g/mol. The van der Waals surface area contributed by atoms with Crippen molar-refractivity contribution in [1.82, 2.24) is 30.2 Å². The Labute approximate surface area is 107 Å². The minimum Gasteiger partial charge on any atom is -0.231 e. The summed E-state index contributed by atoms with van der Waals surface area (Å²) in [7, 11) is 0. The molecule has 0 spiro atoms. The number of tetrazole rings is 1. The van der Waals surface area contributed by atoms with Crippen molar-refractivity contribution in [1.29, 1.82) is 0 Å². The molecule has 0 saturated heterocycles. The van der Waals surface area contributed by atoms with Crippen LogP contribution in [0.4, 0.5) is 0 Å². The summed E-state index contributed by atoms with van der Waals surface area (Å²) >= 11 is 1.32. The van der Waals surface area contributed by atoms with Crippen LogP contribution in [0.5, 0.6) is 0 Å². The Morgan fingerprint density at radius 3 is 2.50 bits per heavy atom. The van der Waals surface area contributed by atoms with Gasteiger partial charge in [0, 0.05) is 12.4 Å². The van der Waals surface area contributed by atoms with E-state index in [0.29, 0.717) is 10.3 Å². The maximum absolute atomic E-state index is 4.13. The Morgan fingerprint density at radius 1 is 0.944 bits per heavy atom. The molecule has 0 aliphatic rings. The fraction of sp³-hybridized carbons (Fsp3) is 0. The smallest absolute Gasteiger partial charge is 0.221 e. The molecule has 1 aromatic carbocycles. The van der Waals surface area contributed by atoms with Gasteiger partial charge in [-0.2, -0.15) is 4.68 Å². The zero-order valence-corrected chi connectivity index (χ0v) is 10.0. The molecule has 6 nitrogen and oxygen atoms in total. The second-order valence-corrected chi connectivity index (χ2v) is 4.28. The summed E-state index contributed by atoms with van der Waals surface area (Å²) in [5.41, 5.74) is 0.904. The first-order chi connectivity index (χ1) is 8.93. The highest BCUT2D eigenvalue weighted by molar-refractivity contribution is 7.99. The SMILES string of the molecule is c1ccc(-n2nnnc2Sc2ncccn2)cc1. The van der Waals surface area contributed by atoms with Crippen LogP contribution in [0.3, 0.4) is 0 Å². The zero-order valence-electron chi connectivity index (χ0n) is 9.21. The number of aromatic nitrogens is 6. The predicted molar refractivity (Wildman–Crippen MR) is 65.3 cm³/mol. The molecule has 2 heterocycles. The van der Waals surface area contributed by atoms with E-state index in [0.717, 1.165) is 5.69 Å². The van der Waals surface area contributed by atoms with Crippen molar-refractivity contribution in [3.05, 3.63) is 48.8 Å². The standard InChI is InChI=1S/C11H8N6S/c1-2-5-9(6-3-1)17-11(14-15-16-17)18-10-12-7-4-8-13-10/h1-8H. The summed E-state index contributed by atoms with van der Waals surface area (Å²) < 4.78 is 1.65. The lowest BCUT2D eigenvalue weighted by Crippen LogP contribution is -1.98. The molecular formula is C11H8N6S. The van der Waals surface area contributed by atoms with Crippen LogP contribution in [0.2, 0.25) is 0 Å². The molecule has 0 amide bonds. The number of nitrogens with zero attached hydrogens (tertiary/aromatic N) is 6. The molecule has 0 aliphatic heterocycles. The Morgan fingerprint density at radius 2 is 1.72 bits per heavy atom. The third-order valence-corrected chi connectivity index (χ3v) is 3.00. The average Bonchev–Trinajstić information content (AvgIpc) is 2.89. The molecule has 0 bridgehead atoms. The topological polar surface area (TPSA) is 69.4 Å². The summed E-state index contributed by atoms with van der Waals surface area (Å²) in [5, 5.41) is 12.9. The van der Waals surface area contributed by atoms with Gasteiger partial charge in [0.05, 0.1) is 5.69 Å². The van der Waals surface area contributed by atoms with Gasteiger partial charge in [0.15, 0.2) is 5.16 Å². The maximum Gasteiger partial charge on any atom is 0.221 e. The van der Waals surface area contributed by atoms with Crippen LogP contribution in [-0.2, 0) is 0 Å². The van der Waals surface area contributed by atoms with E-state index >= 15 is 0 Å². The van der Waals surface area contributed by atoms with Gasteiger partial charge in [-0.05, 0) is 40.4 Å². The van der Waals surface area contributed by atoms with Crippen molar-refractivity contribution in [3.8, 4) is 5.69 Å². The second-order valence-electron chi connectivity index (χ2n) is 3.34. The molecule has 0 aliphatic carbocycles. The van der Waals surface area contributed by atoms with Crippen LogP contribution in [0.15, 0.2) is 59.1 Å². The molecule has 3 rings (SSSR count). The number of benzene rings is 1. The largest absolute Gasteiger partial charge is 0.231 e. The first-order valence-electron chi connectivity index (χ1n) is 5.22. The Bertz CT molecular complexity index is 624. The second kappa shape index (κ2) is 4.92. The molecule has 0 saturated carbocycles. The Hall–Kier alpha value is -2.28. The quantitative estimate of drug-likeness (QED) is 0.663. The van der Waals surface area contributed by atoms with Crippen LogP contribution >= 0.6 is 11.8 Å². The average molecular weight is 256 g/mol. The van der Waals surface area contributed by atoms with Gasteiger partial charge in [0.1, 0.15) is 0 Å². The Balaban J connectivity index is 1.93. The molecule has 0 radical (unpaired) electrons. The fourth-order valence-electron chi connectivity index (χ4n) is 1.39. The third-order valence-electron chi connectivity index (χ3n) is 2.17. The molecule has 18 heavy (non-hydrogen) atoms. The minimum atomic E-state index is 0.615. The summed E-state index contributed by atoms with van der Waals surface area (Å²) in [4.78, 5) is 8.26. The summed E-state index contributed by atoms with van der Waals surface area (Å²) in [6.07, 6.45) is 3.37. The van der Waals surface area contributed by atoms with E-state index in [4.69, 9.17) is 0 Å². The van der Waals surface area contributed by atoms with Gasteiger partial charge in [0.25, 0.3) is 0 Å². The number of hydrogen-bond acceptors (Lipinski definition) is 6. The molecule has 0 atom stereocenters. The lowest BCUT2D eigenvalue weighted by Gasteiger charge is -2.02. The van der Waals surface area contributed by atoms with Crippen molar-refractivity contribution < 1.29 is 0 Å². The first-order valence-corrected chi connectivity index (χ1v) is 6.04. The highest BCUT2D eigenvalue weighted by Gasteiger charge is 2.10. The van der Waals surface area contributed by atoms with Crippen LogP contribution in [0.1, 0.15) is 0 Å². The maximum atomic E-state index is 4.13. The zero-order chi connectivity index (χ0) is 12.2. The van der Waals surface area contributed by atoms with Crippen molar-refractivity contribution >= 4 is 11.8 Å². The highest BCUT2D eigenvalue weighted by atomic mass is 32.2. The molecule has 88 valence electrons. The molecule has 7 heteroatoms. The van der Waals surface area contributed by atoms with Crippen molar-refractivity contribution in [2.45, 2.75) is 10.3 Å². The van der Waals surface area contributed by atoms with Crippen LogP contribution in [0, 0.1) is 0 Å². The van der Waals surface area contributed by atoms with Gasteiger partial charge in [-0.3, -0.25) is 0 Å². The van der Waals surface area contributed by atoms with Crippen molar-refractivity contribution in [2.24, 2.45) is 0 Å². The number of para-hydroxylation sites is 1. The normalized spacial score (nSPS) is 10.4. The van der Waals surface area contributed by atoms with Crippen LogP contribution in [0.25, 0.3) is 5.69 Å². The van der Waals surface area contributed by atoms with Crippen molar-refractivity contribution in [3.63, 3.8) is 0 Å². The van der Waals surface area contributed by atoms with Gasteiger partial charge >= 0.3 is 0 Å². The van der Waals surface area contributed by atoms with Gasteiger partial charge in [0.2, 0.25) is 5.16 Å². The lowest BCUT2D eigenvalue weighted by atomic mass is 10.3. The van der Waals surface area contributed by atoms with Gasteiger partial charge < -0.3 is 0 Å². The van der Waals surface area contributed by atoms with Crippen LogP contribution in [-0.4, -0.2) is 30.2 Å². The summed E-state index contributed by atoms with van der Waals surface area (Å²) in [6.45, 7) is 0. The number of hydrogen-bond donors (Lipinski definition) is 0. The lowest BCUT2D eigenvalue weighted by molar-refractivity contribution is 0.755. The van der Waals surface area contributed by atoms with Crippen molar-refractivity contribution in [2.75, 3.05) is 0 Å². The van der Waals surface area contributed by atoms with Crippen LogP contribution < -0.4 is 0 Å². The van der Waals surface area contributed by atoms with E-state index in [1.165, 1.54) is 11.8 Å². The van der Waals surface area contributed by atoms with E-state index in [-0.39, 0.29) is 0 Å². The van der Waals surface area contributed by atoms with E-state index in [2.05, 4.69) is 25.5 Å². The molecule has 0 N–H and O–H groups in total. The highest BCUT2D eigenvalue weighted by Crippen LogP contribution is 2.22. The predicted octanol–water partition coefficient (Wildman–Crippen LogP) is 1.60. The van der Waals surface area contributed by atoms with E-state index in [1.54, 1.807) is 23.1 Å². The molecule has 2 aromatic heterocycles. The van der Waals surface area contributed by atoms with E-state index in [1.807, 2.05) is 30.3 Å². The van der Waals surface area contributed by atoms with Gasteiger partial charge in [-0.15, -0.1) is 5.10 Å². The monoisotopic (exact) mass is 256 g/mol. The molecule has 0 fully saturated rings. The van der Waals surface area contributed by atoms with E-state index in [9.17, 15) is 0 Å². The minimum absolute atomic E-state index is 0.615. The van der Waals surface area contributed by atoms with E-state index < -0.39 is 0 Å². The van der Waals surface area contributed by atoms with Gasteiger partial charge in [-0.25, -0.2) is 9.97 Å².